The molecule has 30 heavy (non-hydrogen) atoms. The molecule has 1 aromatic heterocycles. The molecule has 1 aromatic carbocycles. The van der Waals surface area contributed by atoms with Crippen molar-refractivity contribution in [3.05, 3.63) is 48.3 Å². The van der Waals surface area contributed by atoms with Gasteiger partial charge < -0.3 is 10.1 Å². The van der Waals surface area contributed by atoms with Crippen molar-refractivity contribution in [3.8, 4) is 5.88 Å². The second-order valence-corrected chi connectivity index (χ2v) is 9.05. The fourth-order valence-electron chi connectivity index (χ4n) is 3.20. The molecule has 2 aromatic rings. The lowest BCUT2D eigenvalue weighted by Crippen LogP contribution is -2.16. The van der Waals surface area contributed by atoms with Crippen LogP contribution in [0, 0.1) is 5.92 Å². The summed E-state index contributed by atoms with van der Waals surface area (Å²) in [5, 5.41) is 2.59. The van der Waals surface area contributed by atoms with Crippen LogP contribution in [-0.4, -0.2) is 50.0 Å². The first-order chi connectivity index (χ1) is 14.2. The summed E-state index contributed by atoms with van der Waals surface area (Å²) in [4.78, 5) is 21.0. The number of sulfone groups is 1. The molecule has 1 amide bonds. The topological polar surface area (TPSA) is 98.2 Å². The second kappa shape index (κ2) is 8.86. The number of allylic oxidation sites excluding steroid dienone is 1. The Bertz CT molecular complexity index is 1030. The summed E-state index contributed by atoms with van der Waals surface area (Å²) in [5.74, 6) is -0.585. The van der Waals surface area contributed by atoms with Gasteiger partial charge in [0, 0.05) is 11.8 Å². The van der Waals surface area contributed by atoms with E-state index in [9.17, 15) is 22.0 Å². The molecule has 1 aliphatic rings. The number of nitrogens with one attached hydrogen (secondary N) is 1. The van der Waals surface area contributed by atoms with Crippen LogP contribution in [0.2, 0.25) is 0 Å². The minimum absolute atomic E-state index is 0.0261. The van der Waals surface area contributed by atoms with Crippen molar-refractivity contribution in [1.29, 1.82) is 0 Å². The molecular weight excluding hydrogens is 416 g/mol. The van der Waals surface area contributed by atoms with Gasteiger partial charge in [0.15, 0.2) is 15.7 Å². The van der Waals surface area contributed by atoms with Gasteiger partial charge in [0.1, 0.15) is 12.3 Å². The van der Waals surface area contributed by atoms with Crippen molar-refractivity contribution >= 4 is 27.1 Å². The third kappa shape index (κ3) is 5.18. The third-order valence-electron chi connectivity index (χ3n) is 4.77. The smallest absolute Gasteiger partial charge is 0.257 e. The molecule has 160 valence electrons. The molecule has 7 nitrogen and oxygen atoms in total. The molecular formula is C20H21F2N3O4S. The average Bonchev–Trinajstić information content (AvgIpc) is 3.03. The molecule has 3 rings (SSSR count). The molecule has 10 heteroatoms. The zero-order valence-corrected chi connectivity index (χ0v) is 17.2. The first-order valence-corrected chi connectivity index (χ1v) is 11.0. The summed E-state index contributed by atoms with van der Waals surface area (Å²) in [7, 11) is -1.98. The maximum Gasteiger partial charge on any atom is 0.257 e. The van der Waals surface area contributed by atoms with Crippen LogP contribution in [-0.2, 0) is 14.6 Å². The Labute approximate surface area is 173 Å². The van der Waals surface area contributed by atoms with Crippen molar-refractivity contribution in [2.75, 3.05) is 18.7 Å². The molecule has 1 aliphatic carbocycles. The number of benzene rings is 1. The van der Waals surface area contributed by atoms with Crippen molar-refractivity contribution in [2.24, 2.45) is 5.92 Å². The Morgan fingerprint density at radius 2 is 1.77 bits per heavy atom. The van der Waals surface area contributed by atoms with E-state index in [1.54, 1.807) is 0 Å². The number of hydrogen-bond donors (Lipinski definition) is 1. The van der Waals surface area contributed by atoms with E-state index in [0.29, 0.717) is 5.56 Å². The van der Waals surface area contributed by atoms with Crippen molar-refractivity contribution in [3.63, 3.8) is 0 Å². The Kier molecular flexibility index (Phi) is 6.45. The molecule has 1 saturated carbocycles. The number of rotatable bonds is 6. The number of hydrogen-bond acceptors (Lipinski definition) is 6. The monoisotopic (exact) mass is 437 g/mol. The predicted octanol–water partition coefficient (Wildman–Crippen LogP) is 3.00. The number of methoxy groups -OCH3 is 1. The second-order valence-electron chi connectivity index (χ2n) is 7.04. The molecule has 1 fully saturated rings. The van der Waals surface area contributed by atoms with Gasteiger partial charge in [-0.25, -0.2) is 27.2 Å². The number of alkyl halides is 2. The first-order valence-electron chi connectivity index (χ1n) is 9.15. The first kappa shape index (κ1) is 21.8. The van der Waals surface area contributed by atoms with Crippen molar-refractivity contribution in [1.82, 2.24) is 9.97 Å². The van der Waals surface area contributed by atoms with Crippen LogP contribution in [0.4, 0.5) is 14.6 Å². The van der Waals surface area contributed by atoms with Gasteiger partial charge in [-0.1, -0.05) is 18.2 Å². The minimum Gasteiger partial charge on any atom is -0.480 e. The molecule has 0 bridgehead atoms. The number of ether oxygens (including phenoxy) is 1. The summed E-state index contributed by atoms with van der Waals surface area (Å²) >= 11 is 0. The lowest BCUT2D eigenvalue weighted by atomic mass is 9.98. The molecule has 3 atom stereocenters. The molecule has 0 spiro atoms. The number of carbonyl (C=O) groups excluding carboxylic acids is 1. The predicted molar refractivity (Wildman–Crippen MR) is 107 cm³/mol. The largest absolute Gasteiger partial charge is 0.480 e. The highest BCUT2D eigenvalue weighted by Gasteiger charge is 2.34. The van der Waals surface area contributed by atoms with Crippen LogP contribution in [0.1, 0.15) is 18.4 Å². The normalized spacial score (nSPS) is 22.0. The Balaban J connectivity index is 1.91. The van der Waals surface area contributed by atoms with E-state index >= 15 is 0 Å². The Hall–Kier alpha value is -2.88. The number of anilines is 1. The lowest BCUT2D eigenvalue weighted by molar-refractivity contribution is -0.111. The van der Waals surface area contributed by atoms with Crippen LogP contribution in [0.3, 0.4) is 0 Å². The van der Waals surface area contributed by atoms with E-state index in [4.69, 9.17) is 4.74 Å². The highest BCUT2D eigenvalue weighted by atomic mass is 32.2. The standard InChI is InChI=1S/C20H21F2N3O4S/c1-29-19-11-23-18(10-24-19)25-20(26)15(7-12-8-16(21)17(22)9-12)13-3-5-14(6-4-13)30(2,27)28/h3-7,10-12,16-17H,8-9H2,1-2H3,(H,23,25,26)/b15-7+/t12-,16+,17-. The van der Waals surface area contributed by atoms with Gasteiger partial charge in [-0.05, 0) is 36.5 Å². The maximum absolute atomic E-state index is 13.6. The van der Waals surface area contributed by atoms with E-state index in [0.717, 1.165) is 6.26 Å². The number of halogens is 2. The van der Waals surface area contributed by atoms with Gasteiger partial charge >= 0.3 is 0 Å². The molecule has 0 unspecified atom stereocenters. The fraction of sp³-hybridized carbons (Fsp3) is 0.350. The van der Waals surface area contributed by atoms with Gasteiger partial charge in [-0.15, -0.1) is 0 Å². The van der Waals surface area contributed by atoms with Gasteiger partial charge in [0.05, 0.1) is 24.4 Å². The molecule has 0 radical (unpaired) electrons. The van der Waals surface area contributed by atoms with E-state index in [-0.39, 0.29) is 35.0 Å². The fourth-order valence-corrected chi connectivity index (χ4v) is 3.83. The summed E-state index contributed by atoms with van der Waals surface area (Å²) < 4.78 is 55.5. The van der Waals surface area contributed by atoms with Gasteiger partial charge in [-0.3, -0.25) is 4.79 Å². The quantitative estimate of drug-likeness (QED) is 0.698. The maximum atomic E-state index is 13.6. The van der Waals surface area contributed by atoms with Gasteiger partial charge in [-0.2, -0.15) is 0 Å². The summed E-state index contributed by atoms with van der Waals surface area (Å²) in [6, 6.07) is 5.72. The minimum atomic E-state index is -3.41. The molecule has 1 N–H and O–H groups in total. The summed E-state index contributed by atoms with van der Waals surface area (Å²) in [5.41, 5.74) is 0.582. The van der Waals surface area contributed by atoms with Crippen LogP contribution in [0.5, 0.6) is 5.88 Å². The zero-order chi connectivity index (χ0) is 21.9. The Morgan fingerprint density at radius 3 is 2.27 bits per heavy atom. The van der Waals surface area contributed by atoms with E-state index < -0.39 is 34.0 Å². The number of nitrogens with zero attached hydrogens (tertiary/aromatic N) is 2. The average molecular weight is 437 g/mol. The highest BCUT2D eigenvalue weighted by Crippen LogP contribution is 2.34. The number of amides is 1. The SMILES string of the molecule is COc1cnc(NC(=O)/C(=C/[C@H]2C[C@@H](F)[C@@H](F)C2)c2ccc(S(C)(=O)=O)cc2)cn1. The number of carbonyl (C=O) groups is 1. The van der Waals surface area contributed by atoms with Crippen LogP contribution in [0.25, 0.3) is 5.57 Å². The third-order valence-corrected chi connectivity index (χ3v) is 5.90. The molecule has 0 aliphatic heterocycles. The van der Waals surface area contributed by atoms with Crippen molar-refractivity contribution in [2.45, 2.75) is 30.1 Å². The Morgan fingerprint density at radius 1 is 1.13 bits per heavy atom. The van der Waals surface area contributed by atoms with E-state index in [1.807, 2.05) is 0 Å². The van der Waals surface area contributed by atoms with Crippen molar-refractivity contribution < 1.29 is 26.7 Å². The van der Waals surface area contributed by atoms with Gasteiger partial charge in [0.2, 0.25) is 5.88 Å². The lowest BCUT2D eigenvalue weighted by Gasteiger charge is -2.12. The van der Waals surface area contributed by atoms with E-state index in [2.05, 4.69) is 15.3 Å². The highest BCUT2D eigenvalue weighted by molar-refractivity contribution is 7.90. The molecule has 0 saturated heterocycles. The number of aromatic nitrogens is 2. The zero-order valence-electron chi connectivity index (χ0n) is 16.4. The summed E-state index contributed by atoms with van der Waals surface area (Å²) in [6.07, 6.45) is 2.04. The molecule has 1 heterocycles. The summed E-state index contributed by atoms with van der Waals surface area (Å²) in [6.45, 7) is 0. The van der Waals surface area contributed by atoms with Gasteiger partial charge in [0.25, 0.3) is 5.91 Å². The van der Waals surface area contributed by atoms with E-state index in [1.165, 1.54) is 49.8 Å². The van der Waals surface area contributed by atoms with Crippen LogP contribution in [0.15, 0.2) is 47.6 Å². The van der Waals surface area contributed by atoms with Crippen LogP contribution >= 0.6 is 0 Å². The van der Waals surface area contributed by atoms with Crippen LogP contribution < -0.4 is 10.1 Å².